The van der Waals surface area contributed by atoms with Crippen molar-refractivity contribution < 1.29 is 12.8 Å². The van der Waals surface area contributed by atoms with Crippen LogP contribution in [0.2, 0.25) is 0 Å². The molecule has 2 N–H and O–H groups in total. The van der Waals surface area contributed by atoms with Gasteiger partial charge in [-0.15, -0.1) is 11.3 Å². The van der Waals surface area contributed by atoms with Crippen LogP contribution in [0.1, 0.15) is 27.5 Å². The van der Waals surface area contributed by atoms with E-state index in [9.17, 15) is 8.42 Å². The third-order valence-corrected chi connectivity index (χ3v) is 5.96. The Morgan fingerprint density at radius 2 is 1.90 bits per heavy atom. The van der Waals surface area contributed by atoms with Gasteiger partial charge in [0.2, 0.25) is 10.0 Å². The van der Waals surface area contributed by atoms with Crippen molar-refractivity contribution >= 4 is 21.4 Å². The number of nitrogens with one attached hydrogen (secondary N) is 2. The fraction of sp³-hybridized carbons (Fsp3) is 0.429. The Balaban J connectivity index is 2.29. The van der Waals surface area contributed by atoms with Crippen LogP contribution in [0.4, 0.5) is 0 Å². The van der Waals surface area contributed by atoms with Crippen LogP contribution in [0.15, 0.2) is 20.8 Å². The second kappa shape index (κ2) is 6.31. The molecule has 0 atom stereocenters. The summed E-state index contributed by atoms with van der Waals surface area (Å²) in [5.41, 5.74) is 1.78. The first-order valence-electron chi connectivity index (χ1n) is 6.63. The van der Waals surface area contributed by atoms with E-state index < -0.39 is 10.0 Å². The lowest BCUT2D eigenvalue weighted by atomic mass is 10.2. The van der Waals surface area contributed by atoms with Crippen molar-refractivity contribution in [3.63, 3.8) is 0 Å². The molecule has 7 heteroatoms. The van der Waals surface area contributed by atoms with Gasteiger partial charge in [-0.25, -0.2) is 13.1 Å². The molecule has 0 aliphatic rings. The molecule has 0 saturated carbocycles. The molecule has 0 aliphatic heterocycles. The highest BCUT2D eigenvalue weighted by Gasteiger charge is 2.26. The highest BCUT2D eigenvalue weighted by atomic mass is 32.2. The third-order valence-electron chi connectivity index (χ3n) is 3.34. The van der Waals surface area contributed by atoms with Gasteiger partial charge in [-0.05, 0) is 44.8 Å². The average molecular weight is 328 g/mol. The van der Waals surface area contributed by atoms with Crippen LogP contribution in [0.5, 0.6) is 0 Å². The summed E-state index contributed by atoms with van der Waals surface area (Å²) in [4.78, 5) is 1.27. The molecule has 0 radical (unpaired) electrons. The van der Waals surface area contributed by atoms with Crippen molar-refractivity contribution in [1.82, 2.24) is 10.0 Å². The predicted octanol–water partition coefficient (Wildman–Crippen LogP) is 2.46. The number of hydrogen-bond donors (Lipinski definition) is 2. The monoisotopic (exact) mass is 328 g/mol. The highest BCUT2D eigenvalue weighted by molar-refractivity contribution is 7.89. The van der Waals surface area contributed by atoms with E-state index in [0.717, 1.165) is 10.4 Å². The van der Waals surface area contributed by atoms with Crippen LogP contribution in [0, 0.1) is 20.8 Å². The van der Waals surface area contributed by atoms with Gasteiger partial charge in [-0.1, -0.05) is 0 Å². The molecule has 2 aromatic rings. The van der Waals surface area contributed by atoms with E-state index in [1.54, 1.807) is 32.2 Å². The van der Waals surface area contributed by atoms with Crippen molar-refractivity contribution in [2.24, 2.45) is 0 Å². The fourth-order valence-corrected chi connectivity index (χ4v) is 4.64. The number of hydrogen-bond acceptors (Lipinski definition) is 5. The van der Waals surface area contributed by atoms with Crippen molar-refractivity contribution in [2.45, 2.75) is 38.8 Å². The van der Waals surface area contributed by atoms with Crippen LogP contribution < -0.4 is 10.0 Å². The van der Waals surface area contributed by atoms with Crippen LogP contribution in [-0.2, 0) is 23.1 Å². The minimum atomic E-state index is -3.59. The zero-order valence-corrected chi connectivity index (χ0v) is 14.2. The van der Waals surface area contributed by atoms with Gasteiger partial charge in [0.15, 0.2) is 0 Å². The Bertz CT molecular complexity index is 729. The largest absolute Gasteiger partial charge is 0.465 e. The molecule has 0 unspecified atom stereocenters. The van der Waals surface area contributed by atoms with Crippen molar-refractivity contribution in [3.8, 4) is 0 Å². The summed E-state index contributed by atoms with van der Waals surface area (Å²) in [5.74, 6) is 1.06. The van der Waals surface area contributed by atoms with Crippen LogP contribution >= 0.6 is 11.3 Å². The molecule has 2 rings (SSSR count). The molecule has 0 bridgehead atoms. The first-order chi connectivity index (χ1) is 9.86. The van der Waals surface area contributed by atoms with Gasteiger partial charge in [0.25, 0.3) is 0 Å². The van der Waals surface area contributed by atoms with E-state index in [2.05, 4.69) is 10.0 Å². The molecular formula is C14H20N2O3S2. The summed E-state index contributed by atoms with van der Waals surface area (Å²) < 4.78 is 33.3. The topological polar surface area (TPSA) is 71.3 Å². The number of aryl methyl sites for hydroxylation is 3. The lowest BCUT2D eigenvalue weighted by molar-refractivity contribution is 0.493. The number of sulfonamides is 1. The molecule has 0 aliphatic carbocycles. The SMILES string of the molecule is CNCc1c(C)oc(C)c1S(=O)(=O)NCc1sccc1C. The zero-order chi connectivity index (χ0) is 15.6. The Morgan fingerprint density at radius 1 is 1.19 bits per heavy atom. The van der Waals surface area contributed by atoms with Gasteiger partial charge < -0.3 is 9.73 Å². The Kier molecular flexibility index (Phi) is 4.88. The van der Waals surface area contributed by atoms with E-state index in [0.29, 0.717) is 30.2 Å². The number of furan rings is 1. The van der Waals surface area contributed by atoms with Gasteiger partial charge >= 0.3 is 0 Å². The average Bonchev–Trinajstić information content (AvgIpc) is 2.92. The Morgan fingerprint density at radius 3 is 2.48 bits per heavy atom. The summed E-state index contributed by atoms with van der Waals surface area (Å²) >= 11 is 1.55. The maximum Gasteiger partial charge on any atom is 0.244 e. The van der Waals surface area contributed by atoms with Gasteiger partial charge in [-0.2, -0.15) is 0 Å². The summed E-state index contributed by atoms with van der Waals surface area (Å²) in [7, 11) is -1.81. The zero-order valence-electron chi connectivity index (χ0n) is 12.6. The summed E-state index contributed by atoms with van der Waals surface area (Å²) in [6.07, 6.45) is 0. The lowest BCUT2D eigenvalue weighted by Gasteiger charge is -2.08. The smallest absolute Gasteiger partial charge is 0.244 e. The molecule has 0 fully saturated rings. The standard InChI is InChI=1S/C14H20N2O3S2/c1-9-5-6-20-13(9)8-16-21(17,18)14-11(3)19-10(2)12(14)7-15-4/h5-6,15-16H,7-8H2,1-4H3. The van der Waals surface area contributed by atoms with Crippen molar-refractivity contribution in [3.05, 3.63) is 39.0 Å². The summed E-state index contributed by atoms with van der Waals surface area (Å²) in [6.45, 7) is 6.19. The van der Waals surface area contributed by atoms with Gasteiger partial charge in [0, 0.05) is 23.5 Å². The normalized spacial score (nSPS) is 12.0. The number of rotatable bonds is 6. The van der Waals surface area contributed by atoms with E-state index >= 15 is 0 Å². The van der Waals surface area contributed by atoms with Gasteiger partial charge in [0.1, 0.15) is 16.4 Å². The van der Waals surface area contributed by atoms with Crippen molar-refractivity contribution in [1.29, 1.82) is 0 Å². The minimum absolute atomic E-state index is 0.253. The number of thiophene rings is 1. The van der Waals surface area contributed by atoms with Crippen LogP contribution in [-0.4, -0.2) is 15.5 Å². The molecular weight excluding hydrogens is 308 g/mol. The maximum absolute atomic E-state index is 12.6. The molecule has 0 spiro atoms. The fourth-order valence-electron chi connectivity index (χ4n) is 2.26. The predicted molar refractivity (Wildman–Crippen MR) is 84.0 cm³/mol. The minimum Gasteiger partial charge on any atom is -0.465 e. The lowest BCUT2D eigenvalue weighted by Crippen LogP contribution is -2.25. The summed E-state index contributed by atoms with van der Waals surface area (Å²) in [6, 6.07) is 1.98. The second-order valence-corrected chi connectivity index (χ2v) is 7.61. The first-order valence-corrected chi connectivity index (χ1v) is 8.99. The molecule has 2 heterocycles. The molecule has 0 amide bonds. The van der Waals surface area contributed by atoms with Gasteiger partial charge in [0.05, 0.1) is 0 Å². The first kappa shape index (κ1) is 16.2. The molecule has 2 aromatic heterocycles. The third kappa shape index (κ3) is 3.37. The van der Waals surface area contributed by atoms with Gasteiger partial charge in [-0.3, -0.25) is 0 Å². The Labute approximate surface area is 129 Å². The maximum atomic E-state index is 12.6. The molecule has 116 valence electrons. The highest BCUT2D eigenvalue weighted by Crippen LogP contribution is 2.27. The van der Waals surface area contributed by atoms with E-state index in [1.165, 1.54) is 0 Å². The van der Waals surface area contributed by atoms with Crippen molar-refractivity contribution in [2.75, 3.05) is 7.05 Å². The van der Waals surface area contributed by atoms with Crippen LogP contribution in [0.3, 0.4) is 0 Å². The summed E-state index contributed by atoms with van der Waals surface area (Å²) in [5, 5.41) is 4.94. The molecule has 0 saturated heterocycles. The quantitative estimate of drug-likeness (QED) is 0.854. The van der Waals surface area contributed by atoms with E-state index in [4.69, 9.17) is 4.42 Å². The molecule has 21 heavy (non-hydrogen) atoms. The van der Waals surface area contributed by atoms with E-state index in [-0.39, 0.29) is 4.90 Å². The Hall–Kier alpha value is -1.15. The van der Waals surface area contributed by atoms with Crippen LogP contribution in [0.25, 0.3) is 0 Å². The second-order valence-electron chi connectivity index (χ2n) is 4.90. The molecule has 0 aromatic carbocycles. The molecule has 5 nitrogen and oxygen atoms in total. The van der Waals surface area contributed by atoms with E-state index in [1.807, 2.05) is 18.4 Å².